The van der Waals surface area contributed by atoms with Crippen molar-refractivity contribution in [2.24, 2.45) is 0 Å². The number of anilines is 1. The highest BCUT2D eigenvalue weighted by Gasteiger charge is 1.96. The van der Waals surface area contributed by atoms with Crippen LogP contribution in [0.15, 0.2) is 15.4 Å². The summed E-state index contributed by atoms with van der Waals surface area (Å²) in [6.45, 7) is 1.82. The van der Waals surface area contributed by atoms with Crippen LogP contribution in [0.2, 0.25) is 0 Å². The molecule has 0 saturated carbocycles. The van der Waals surface area contributed by atoms with E-state index in [1.807, 2.05) is 0 Å². The second kappa shape index (κ2) is 10.9. The third kappa shape index (κ3) is 9.49. The van der Waals surface area contributed by atoms with Crippen LogP contribution >= 0.6 is 47.8 Å². The summed E-state index contributed by atoms with van der Waals surface area (Å²) >= 11 is 8.76. The molecule has 5 nitrogen and oxygen atoms in total. The lowest BCUT2D eigenvalue weighted by molar-refractivity contribution is -0.139. The summed E-state index contributed by atoms with van der Waals surface area (Å²) in [5.74, 6) is -0.483. The summed E-state index contributed by atoms with van der Waals surface area (Å²) in [5.41, 5.74) is 5.35. The fourth-order valence-corrected chi connectivity index (χ4v) is 1.44. The van der Waals surface area contributed by atoms with Crippen LogP contribution in [-0.4, -0.2) is 27.8 Å². The van der Waals surface area contributed by atoms with Crippen molar-refractivity contribution in [3.63, 3.8) is 0 Å². The van der Waals surface area contributed by atoms with Crippen LogP contribution in [0.3, 0.4) is 0 Å². The van der Waals surface area contributed by atoms with Crippen molar-refractivity contribution >= 4 is 59.6 Å². The summed E-state index contributed by atoms with van der Waals surface area (Å²) in [4.78, 5) is 18.1. The quantitative estimate of drug-likeness (QED) is 0.568. The predicted molar refractivity (Wildman–Crippen MR) is 79.0 cm³/mol. The number of nitrogen functional groups attached to an aromatic ring is 1. The van der Waals surface area contributed by atoms with Gasteiger partial charge in [-0.1, -0.05) is 23.4 Å². The first kappa shape index (κ1) is 14.8. The molecule has 1 heterocycles. The van der Waals surface area contributed by atoms with Gasteiger partial charge in [0.05, 0.1) is 15.5 Å². The number of ether oxygens (including phenoxy) is 1. The Morgan fingerprint density at radius 3 is 2.53 bits per heavy atom. The standard InChI is InChI=1S/C4H3Br2N3.C4H7BrO2.CH4/c5-2-1-8-4(7)3(6)9-2;1-2-7-4(6)3-5;/h1H,(H2,7,8);2-3H2,1H3;1H4/i;3D2;. The van der Waals surface area contributed by atoms with E-state index in [4.69, 9.17) is 8.48 Å². The summed E-state index contributed by atoms with van der Waals surface area (Å²) in [5, 5.41) is -2.04. The molecule has 2 N–H and O–H groups in total. The van der Waals surface area contributed by atoms with E-state index >= 15 is 0 Å². The summed E-state index contributed by atoms with van der Waals surface area (Å²) in [7, 11) is 0. The Balaban J connectivity index is 0. The number of nitrogens with two attached hydrogens (primary N) is 1. The molecule has 0 aromatic carbocycles. The van der Waals surface area contributed by atoms with Crippen LogP contribution in [0.4, 0.5) is 5.82 Å². The molecule has 0 saturated heterocycles. The first-order valence-corrected chi connectivity index (χ1v) is 6.36. The van der Waals surface area contributed by atoms with Crippen LogP contribution < -0.4 is 5.73 Å². The molecule has 1 aromatic heterocycles. The van der Waals surface area contributed by atoms with Gasteiger partial charge in [-0.15, -0.1) is 0 Å². The minimum absolute atomic E-state index is 0. The first-order valence-electron chi connectivity index (χ1n) is 4.98. The molecular weight excluding hydrogens is 422 g/mol. The zero-order valence-electron chi connectivity index (χ0n) is 10.2. The van der Waals surface area contributed by atoms with Crippen molar-refractivity contribution in [3.05, 3.63) is 15.4 Å². The lowest BCUT2D eigenvalue weighted by Gasteiger charge is -1.93. The Hall–Kier alpha value is -0.210. The maximum atomic E-state index is 10.4. The van der Waals surface area contributed by atoms with Gasteiger partial charge < -0.3 is 10.5 Å². The number of carbonyl (C=O) groups is 1. The number of aromatic nitrogens is 2. The van der Waals surface area contributed by atoms with Gasteiger partial charge in [-0.25, -0.2) is 9.97 Å². The van der Waals surface area contributed by atoms with Gasteiger partial charge in [0.25, 0.3) is 0 Å². The Morgan fingerprint density at radius 2 is 2.24 bits per heavy atom. The molecule has 0 amide bonds. The molecule has 0 aliphatic carbocycles. The Morgan fingerprint density at radius 1 is 1.65 bits per heavy atom. The van der Waals surface area contributed by atoms with Crippen LogP contribution in [0.25, 0.3) is 0 Å². The van der Waals surface area contributed by atoms with Gasteiger partial charge in [-0.2, -0.15) is 0 Å². The molecule has 0 unspecified atom stereocenters. The SMILES string of the molecule is C.Nc1ncc(Br)nc1Br.[2H]C([2H])(Br)C(=O)OCC. The minimum atomic E-state index is -2.04. The van der Waals surface area contributed by atoms with E-state index in [-0.39, 0.29) is 14.0 Å². The van der Waals surface area contributed by atoms with Gasteiger partial charge in [0, 0.05) is 0 Å². The van der Waals surface area contributed by atoms with E-state index in [1.54, 1.807) is 13.1 Å². The molecule has 0 aliphatic heterocycles. The maximum absolute atomic E-state index is 10.4. The number of halogens is 3. The van der Waals surface area contributed by atoms with Crippen molar-refractivity contribution in [1.29, 1.82) is 0 Å². The molecule has 1 rings (SSSR count). The topological polar surface area (TPSA) is 78.1 Å². The largest absolute Gasteiger partial charge is 0.465 e. The van der Waals surface area contributed by atoms with E-state index in [0.717, 1.165) is 0 Å². The van der Waals surface area contributed by atoms with Crippen LogP contribution in [0, 0.1) is 0 Å². The summed E-state index contributed by atoms with van der Waals surface area (Å²) in [6, 6.07) is 0. The van der Waals surface area contributed by atoms with Gasteiger partial charge in [0.15, 0.2) is 5.82 Å². The molecule has 0 fully saturated rings. The van der Waals surface area contributed by atoms with Gasteiger partial charge in [-0.05, 0) is 38.8 Å². The van der Waals surface area contributed by atoms with Crippen LogP contribution in [-0.2, 0) is 9.53 Å². The summed E-state index contributed by atoms with van der Waals surface area (Å²) < 4.78 is 19.1. The third-order valence-corrected chi connectivity index (χ3v) is 2.37. The zero-order chi connectivity index (χ0) is 14.3. The number of nitrogens with zero attached hydrogens (tertiary/aromatic N) is 2. The second-order valence-electron chi connectivity index (χ2n) is 2.18. The Bertz CT molecular complexity index is 416. The molecule has 0 aliphatic rings. The molecule has 0 bridgehead atoms. The van der Waals surface area contributed by atoms with Gasteiger partial charge in [0.2, 0.25) is 0 Å². The minimum Gasteiger partial charge on any atom is -0.465 e. The number of alkyl halides is 1. The molecule has 0 atom stereocenters. The van der Waals surface area contributed by atoms with E-state index in [1.165, 1.54) is 0 Å². The molecule has 0 spiro atoms. The van der Waals surface area contributed by atoms with Crippen LogP contribution in [0.5, 0.6) is 0 Å². The Labute approximate surface area is 129 Å². The van der Waals surface area contributed by atoms with E-state index in [9.17, 15) is 4.79 Å². The predicted octanol–water partition coefficient (Wildman–Crippen LogP) is 3.16. The van der Waals surface area contributed by atoms with Crippen molar-refractivity contribution in [2.75, 3.05) is 17.6 Å². The highest BCUT2D eigenvalue weighted by molar-refractivity contribution is 9.11. The van der Waals surface area contributed by atoms with Crippen molar-refractivity contribution in [3.8, 4) is 0 Å². The summed E-state index contributed by atoms with van der Waals surface area (Å²) in [6.07, 6.45) is 1.54. The van der Waals surface area contributed by atoms with Gasteiger partial charge in [-0.3, -0.25) is 4.79 Å². The van der Waals surface area contributed by atoms with Crippen molar-refractivity contribution in [2.45, 2.75) is 14.4 Å². The molecule has 1 aromatic rings. The van der Waals surface area contributed by atoms with Crippen molar-refractivity contribution < 1.29 is 12.3 Å². The number of hydrogen-bond donors (Lipinski definition) is 1. The van der Waals surface area contributed by atoms with Crippen LogP contribution in [0.1, 0.15) is 17.1 Å². The monoisotopic (exact) mass is 435 g/mol. The Kier molecular flexibility index (Phi) is 9.53. The fraction of sp³-hybridized carbons (Fsp3) is 0.444. The van der Waals surface area contributed by atoms with E-state index < -0.39 is 11.3 Å². The third-order valence-electron chi connectivity index (χ3n) is 1.08. The number of rotatable bonds is 2. The molecule has 0 radical (unpaired) electrons. The second-order valence-corrected chi connectivity index (χ2v) is 4.14. The smallest absolute Gasteiger partial charge is 0.316 e. The van der Waals surface area contributed by atoms with E-state index in [2.05, 4.69) is 62.5 Å². The fourth-order valence-electron chi connectivity index (χ4n) is 0.514. The highest BCUT2D eigenvalue weighted by atomic mass is 79.9. The molecular formula is C9H14Br3N3O2. The van der Waals surface area contributed by atoms with Crippen molar-refractivity contribution in [1.82, 2.24) is 9.97 Å². The van der Waals surface area contributed by atoms with Gasteiger partial charge >= 0.3 is 5.97 Å². The average molecular weight is 438 g/mol. The first-order chi connectivity index (χ1) is 8.18. The normalized spacial score (nSPS) is 11.1. The number of carbonyl (C=O) groups excluding carboxylic acids is 1. The lowest BCUT2D eigenvalue weighted by Crippen LogP contribution is -2.03. The molecule has 8 heteroatoms. The van der Waals surface area contributed by atoms with Gasteiger partial charge in [0.1, 0.15) is 14.5 Å². The average Bonchev–Trinajstić information content (AvgIpc) is 2.24. The molecule has 98 valence electrons. The molecule has 17 heavy (non-hydrogen) atoms. The zero-order valence-corrected chi connectivity index (χ0v) is 13.0. The van der Waals surface area contributed by atoms with E-state index in [0.29, 0.717) is 15.0 Å². The number of hydrogen-bond acceptors (Lipinski definition) is 5. The lowest BCUT2D eigenvalue weighted by atomic mass is 10.7. The highest BCUT2D eigenvalue weighted by Crippen LogP contribution is 2.15. The maximum Gasteiger partial charge on any atom is 0.316 e. The number of esters is 1.